The Labute approximate surface area is 112 Å². The second-order valence-corrected chi connectivity index (χ2v) is 6.37. The first kappa shape index (κ1) is 13.3. The monoisotopic (exact) mass is 268 g/mol. The highest BCUT2D eigenvalue weighted by molar-refractivity contribution is 8.00. The van der Waals surface area contributed by atoms with Gasteiger partial charge in [0.1, 0.15) is 6.33 Å². The molecule has 18 heavy (non-hydrogen) atoms. The molecule has 1 aromatic heterocycles. The Hall–Kier alpha value is -1.17. The fourth-order valence-electron chi connectivity index (χ4n) is 2.31. The minimum Gasteiger partial charge on any atom is -0.490 e. The summed E-state index contributed by atoms with van der Waals surface area (Å²) >= 11 is 2.02. The first-order chi connectivity index (χ1) is 8.65. The zero-order chi connectivity index (χ0) is 13.1. The van der Waals surface area contributed by atoms with Crippen molar-refractivity contribution >= 4 is 23.4 Å². The first-order valence-electron chi connectivity index (χ1n) is 6.12. The number of nitrogens with one attached hydrogen (secondary N) is 1. The lowest BCUT2D eigenvalue weighted by Gasteiger charge is -2.36. The topological polar surface area (TPSA) is 50.3 Å². The third-order valence-corrected chi connectivity index (χ3v) is 4.17. The number of methoxy groups -OCH3 is 1. The van der Waals surface area contributed by atoms with Gasteiger partial charge in [-0.05, 0) is 0 Å². The Bertz CT molecular complexity index is 405. The van der Waals surface area contributed by atoms with E-state index in [-0.39, 0.29) is 0 Å². The van der Waals surface area contributed by atoms with Crippen molar-refractivity contribution in [1.29, 1.82) is 0 Å². The molecule has 1 aliphatic heterocycles. The molecule has 1 aromatic rings. The largest absolute Gasteiger partial charge is 0.490 e. The number of thioether (sulfide) groups is 1. The molecule has 0 spiro atoms. The zero-order valence-electron chi connectivity index (χ0n) is 11.3. The molecule has 1 saturated heterocycles. The van der Waals surface area contributed by atoms with E-state index in [0.717, 1.165) is 30.5 Å². The summed E-state index contributed by atoms with van der Waals surface area (Å²) in [5.41, 5.74) is 0. The van der Waals surface area contributed by atoms with Gasteiger partial charge in [0, 0.05) is 30.6 Å². The SMILES string of the molecule is CNc1ncnc(N2CC(C)SC(C)C2)c1OC. The highest BCUT2D eigenvalue weighted by Gasteiger charge is 2.26. The molecule has 0 amide bonds. The van der Waals surface area contributed by atoms with E-state index in [2.05, 4.69) is 34.0 Å². The summed E-state index contributed by atoms with van der Waals surface area (Å²) in [4.78, 5) is 10.9. The number of aromatic nitrogens is 2. The van der Waals surface area contributed by atoms with Crippen molar-refractivity contribution in [3.63, 3.8) is 0 Å². The highest BCUT2D eigenvalue weighted by Crippen LogP contribution is 2.35. The summed E-state index contributed by atoms with van der Waals surface area (Å²) in [5, 5.41) is 4.25. The van der Waals surface area contributed by atoms with Crippen molar-refractivity contribution in [2.45, 2.75) is 24.3 Å². The van der Waals surface area contributed by atoms with Gasteiger partial charge >= 0.3 is 0 Å². The molecule has 1 aliphatic rings. The zero-order valence-corrected chi connectivity index (χ0v) is 12.1. The Kier molecular flexibility index (Phi) is 4.16. The Morgan fingerprint density at radius 2 is 2.00 bits per heavy atom. The Morgan fingerprint density at radius 3 is 2.56 bits per heavy atom. The smallest absolute Gasteiger partial charge is 0.204 e. The van der Waals surface area contributed by atoms with E-state index in [1.165, 1.54) is 0 Å². The molecule has 0 aromatic carbocycles. The highest BCUT2D eigenvalue weighted by atomic mass is 32.2. The molecule has 0 bridgehead atoms. The molecule has 0 radical (unpaired) electrons. The fourth-order valence-corrected chi connectivity index (χ4v) is 3.63. The van der Waals surface area contributed by atoms with Crippen LogP contribution in [0.5, 0.6) is 5.75 Å². The van der Waals surface area contributed by atoms with Gasteiger partial charge in [-0.2, -0.15) is 11.8 Å². The van der Waals surface area contributed by atoms with Crippen LogP contribution in [0.2, 0.25) is 0 Å². The summed E-state index contributed by atoms with van der Waals surface area (Å²) in [6, 6.07) is 0. The van der Waals surface area contributed by atoms with Gasteiger partial charge < -0.3 is 15.0 Å². The number of rotatable bonds is 3. The molecule has 2 atom stereocenters. The van der Waals surface area contributed by atoms with Crippen LogP contribution in [0.25, 0.3) is 0 Å². The van der Waals surface area contributed by atoms with Crippen molar-refractivity contribution < 1.29 is 4.74 Å². The van der Waals surface area contributed by atoms with Crippen LogP contribution in [0.15, 0.2) is 6.33 Å². The summed E-state index contributed by atoms with van der Waals surface area (Å²) in [7, 11) is 3.50. The van der Waals surface area contributed by atoms with E-state index in [9.17, 15) is 0 Å². The van der Waals surface area contributed by atoms with Crippen LogP contribution in [0, 0.1) is 0 Å². The molecule has 5 nitrogen and oxygen atoms in total. The van der Waals surface area contributed by atoms with Crippen LogP contribution in [0.4, 0.5) is 11.6 Å². The van der Waals surface area contributed by atoms with Crippen LogP contribution in [-0.2, 0) is 0 Å². The number of hydrogen-bond donors (Lipinski definition) is 1. The van der Waals surface area contributed by atoms with Crippen molar-refractivity contribution in [3.05, 3.63) is 6.33 Å². The first-order valence-corrected chi connectivity index (χ1v) is 7.07. The lowest BCUT2D eigenvalue weighted by atomic mass is 10.3. The Balaban J connectivity index is 2.32. The number of nitrogens with zero attached hydrogens (tertiary/aromatic N) is 3. The maximum Gasteiger partial charge on any atom is 0.204 e. The van der Waals surface area contributed by atoms with Gasteiger partial charge in [0.15, 0.2) is 11.6 Å². The van der Waals surface area contributed by atoms with Crippen LogP contribution < -0.4 is 15.0 Å². The summed E-state index contributed by atoms with van der Waals surface area (Å²) in [6.07, 6.45) is 1.58. The van der Waals surface area contributed by atoms with Crippen LogP contribution >= 0.6 is 11.8 Å². The van der Waals surface area contributed by atoms with E-state index in [1.807, 2.05) is 18.8 Å². The van der Waals surface area contributed by atoms with E-state index < -0.39 is 0 Å². The summed E-state index contributed by atoms with van der Waals surface area (Å²) < 4.78 is 5.46. The normalized spacial score (nSPS) is 23.9. The molecular formula is C12H20N4OS. The van der Waals surface area contributed by atoms with Crippen LogP contribution in [0.3, 0.4) is 0 Å². The molecule has 2 rings (SSSR count). The molecule has 1 fully saturated rings. The third kappa shape index (κ3) is 2.63. The van der Waals surface area contributed by atoms with Crippen molar-refractivity contribution in [2.75, 3.05) is 37.5 Å². The van der Waals surface area contributed by atoms with Crippen LogP contribution in [0.1, 0.15) is 13.8 Å². The van der Waals surface area contributed by atoms with Gasteiger partial charge in [-0.15, -0.1) is 0 Å². The number of hydrogen-bond acceptors (Lipinski definition) is 6. The predicted molar refractivity (Wildman–Crippen MR) is 76.9 cm³/mol. The van der Waals surface area contributed by atoms with Gasteiger partial charge in [0.2, 0.25) is 5.75 Å². The van der Waals surface area contributed by atoms with Crippen molar-refractivity contribution in [3.8, 4) is 5.75 Å². The minimum absolute atomic E-state index is 0.603. The van der Waals surface area contributed by atoms with Gasteiger partial charge in [-0.1, -0.05) is 13.8 Å². The second-order valence-electron chi connectivity index (χ2n) is 4.49. The maximum absolute atomic E-state index is 5.46. The minimum atomic E-state index is 0.603. The fraction of sp³-hybridized carbons (Fsp3) is 0.667. The summed E-state index contributed by atoms with van der Waals surface area (Å²) in [5.74, 6) is 2.35. The number of ether oxygens (including phenoxy) is 1. The van der Waals surface area contributed by atoms with Crippen molar-refractivity contribution in [2.24, 2.45) is 0 Å². The average Bonchev–Trinajstić information content (AvgIpc) is 2.36. The number of anilines is 2. The van der Waals surface area contributed by atoms with E-state index in [4.69, 9.17) is 4.74 Å². The predicted octanol–water partition coefficient (Wildman–Crippen LogP) is 1.86. The molecule has 0 saturated carbocycles. The lowest BCUT2D eigenvalue weighted by molar-refractivity contribution is 0.412. The van der Waals surface area contributed by atoms with Gasteiger partial charge in [-0.3, -0.25) is 0 Å². The van der Waals surface area contributed by atoms with Crippen molar-refractivity contribution in [1.82, 2.24) is 9.97 Å². The van der Waals surface area contributed by atoms with E-state index in [0.29, 0.717) is 10.5 Å². The maximum atomic E-state index is 5.46. The molecule has 2 unspecified atom stereocenters. The molecular weight excluding hydrogens is 248 g/mol. The Morgan fingerprint density at radius 1 is 1.33 bits per heavy atom. The molecule has 0 aliphatic carbocycles. The molecule has 100 valence electrons. The van der Waals surface area contributed by atoms with Gasteiger partial charge in [0.25, 0.3) is 0 Å². The van der Waals surface area contributed by atoms with E-state index >= 15 is 0 Å². The van der Waals surface area contributed by atoms with Crippen LogP contribution in [-0.4, -0.2) is 47.7 Å². The quantitative estimate of drug-likeness (QED) is 0.903. The summed E-state index contributed by atoms with van der Waals surface area (Å²) in [6.45, 7) is 6.48. The second kappa shape index (κ2) is 5.65. The molecule has 6 heteroatoms. The standard InChI is InChI=1S/C12H20N4OS/c1-8-5-16(6-9(2)18-8)12-10(17-4)11(13-3)14-7-15-12/h7-9H,5-6H2,1-4H3,(H,13,14,15). The van der Waals surface area contributed by atoms with E-state index in [1.54, 1.807) is 13.4 Å². The molecule has 2 heterocycles. The van der Waals surface area contributed by atoms with Gasteiger partial charge in [0.05, 0.1) is 7.11 Å². The lowest BCUT2D eigenvalue weighted by Crippen LogP contribution is -2.41. The third-order valence-electron chi connectivity index (χ3n) is 2.95. The molecule has 1 N–H and O–H groups in total. The van der Waals surface area contributed by atoms with Gasteiger partial charge in [-0.25, -0.2) is 9.97 Å². The average molecular weight is 268 g/mol.